The van der Waals surface area contributed by atoms with Crippen LogP contribution in [0.15, 0.2) is 11.1 Å². The van der Waals surface area contributed by atoms with Gasteiger partial charge in [-0.3, -0.25) is 24.0 Å². The Morgan fingerprint density at radius 3 is 2.31 bits per heavy atom. The van der Waals surface area contributed by atoms with Gasteiger partial charge in [-0.05, 0) is 41.6 Å². The fraction of sp³-hybridized carbons (Fsp3) is 0.759. The molecule has 2 saturated carbocycles. The SMILES string of the molecule is C[C@H](CC(=O)C[C@@H](C)[C@H]1CC(=O)[C@H]2C3=C(C(=O)C[C@@]21C)[C@@]1(C)CCC(=O)C(C)(C)[C@@H]1C[C@@H]3O)C(=O)O. The fourth-order valence-electron chi connectivity index (χ4n) is 8.59. The molecular formula is C29H40O7. The third-order valence-corrected chi connectivity index (χ3v) is 10.5. The van der Waals surface area contributed by atoms with Gasteiger partial charge in [0.2, 0.25) is 0 Å². The van der Waals surface area contributed by atoms with Crippen molar-refractivity contribution in [2.75, 3.05) is 0 Å². The topological polar surface area (TPSA) is 126 Å². The standard InChI is InChI=1S/C29H40O7/c1-14(9-16(30)10-15(2)26(35)36)17-11-19(32)24-23-18(31)12-21-27(3,4)22(34)7-8-28(21,5)25(23)20(33)13-29(17,24)6/h14-15,17-18,21,24,31H,7-13H2,1-6H3,(H,35,36)/t14-,15-,17-,18+,21+,24+,28+,29-/m1/s1. The molecule has 0 unspecified atom stereocenters. The third kappa shape index (κ3) is 3.84. The summed E-state index contributed by atoms with van der Waals surface area (Å²) < 4.78 is 0. The molecule has 7 heteroatoms. The average molecular weight is 501 g/mol. The molecule has 0 aromatic carbocycles. The van der Waals surface area contributed by atoms with E-state index < -0.39 is 40.2 Å². The Balaban J connectivity index is 1.69. The molecule has 198 valence electrons. The van der Waals surface area contributed by atoms with Crippen LogP contribution < -0.4 is 0 Å². The van der Waals surface area contributed by atoms with E-state index in [1.165, 1.54) is 6.92 Å². The van der Waals surface area contributed by atoms with Crippen molar-refractivity contribution in [1.29, 1.82) is 0 Å². The Hall–Kier alpha value is -2.15. The van der Waals surface area contributed by atoms with Gasteiger partial charge in [0.25, 0.3) is 0 Å². The molecule has 0 aromatic heterocycles. The van der Waals surface area contributed by atoms with Crippen LogP contribution in [0.2, 0.25) is 0 Å². The van der Waals surface area contributed by atoms with E-state index in [-0.39, 0.29) is 66.6 Å². The predicted octanol–water partition coefficient (Wildman–Crippen LogP) is 3.95. The Labute approximate surface area is 213 Å². The molecule has 0 amide bonds. The van der Waals surface area contributed by atoms with Gasteiger partial charge < -0.3 is 10.2 Å². The van der Waals surface area contributed by atoms with Crippen LogP contribution in [0.1, 0.15) is 86.5 Å². The van der Waals surface area contributed by atoms with Gasteiger partial charge in [0.1, 0.15) is 17.3 Å². The van der Waals surface area contributed by atoms with Crippen molar-refractivity contribution in [2.24, 2.45) is 45.8 Å². The van der Waals surface area contributed by atoms with Gasteiger partial charge in [-0.1, -0.05) is 41.5 Å². The van der Waals surface area contributed by atoms with E-state index >= 15 is 0 Å². The number of aliphatic hydroxyl groups excluding tert-OH is 1. The number of carbonyl (C=O) groups is 5. The average Bonchev–Trinajstić information content (AvgIpc) is 3.02. The number of hydrogen-bond donors (Lipinski definition) is 2. The second-order valence-electron chi connectivity index (χ2n) is 13.2. The molecule has 0 bridgehead atoms. The molecule has 4 rings (SSSR count). The van der Waals surface area contributed by atoms with E-state index in [1.54, 1.807) is 0 Å². The summed E-state index contributed by atoms with van der Waals surface area (Å²) in [6.07, 6.45) is 0.863. The van der Waals surface area contributed by atoms with Crippen molar-refractivity contribution in [2.45, 2.75) is 92.6 Å². The second-order valence-corrected chi connectivity index (χ2v) is 13.2. The van der Waals surface area contributed by atoms with E-state index in [1.807, 2.05) is 34.6 Å². The Morgan fingerprint density at radius 2 is 1.69 bits per heavy atom. The van der Waals surface area contributed by atoms with Crippen molar-refractivity contribution >= 4 is 29.1 Å². The molecule has 0 radical (unpaired) electrons. The number of carbonyl (C=O) groups excluding carboxylic acids is 4. The number of rotatable bonds is 6. The highest BCUT2D eigenvalue weighted by Crippen LogP contribution is 2.66. The smallest absolute Gasteiger partial charge is 0.306 e. The number of carboxylic acid groups (broad SMARTS) is 1. The summed E-state index contributed by atoms with van der Waals surface area (Å²) in [4.78, 5) is 64.0. The molecule has 2 N–H and O–H groups in total. The van der Waals surface area contributed by atoms with E-state index in [2.05, 4.69) is 0 Å². The van der Waals surface area contributed by atoms with Gasteiger partial charge in [-0.25, -0.2) is 0 Å². The van der Waals surface area contributed by atoms with Gasteiger partial charge in [0.05, 0.1) is 12.0 Å². The minimum absolute atomic E-state index is 0.00736. The highest BCUT2D eigenvalue weighted by atomic mass is 16.4. The summed E-state index contributed by atoms with van der Waals surface area (Å²) in [5.74, 6) is -2.95. The van der Waals surface area contributed by atoms with Gasteiger partial charge in [0, 0.05) is 54.4 Å². The maximum Gasteiger partial charge on any atom is 0.306 e. The lowest BCUT2D eigenvalue weighted by Gasteiger charge is -2.57. The van der Waals surface area contributed by atoms with Gasteiger partial charge >= 0.3 is 5.97 Å². The number of allylic oxidation sites excluding steroid dienone is 1. The van der Waals surface area contributed by atoms with Crippen LogP contribution in [0.25, 0.3) is 0 Å². The minimum atomic E-state index is -1.01. The lowest BCUT2D eigenvalue weighted by Crippen LogP contribution is -2.57. The highest BCUT2D eigenvalue weighted by Gasteiger charge is 2.65. The number of Topliss-reactive ketones (excluding diaryl/α,β-unsaturated/α-hetero) is 4. The monoisotopic (exact) mass is 500 g/mol. The van der Waals surface area contributed by atoms with Crippen LogP contribution in [0.3, 0.4) is 0 Å². The lowest BCUT2D eigenvalue weighted by atomic mass is 9.45. The Bertz CT molecular complexity index is 1070. The number of aliphatic hydroxyl groups is 1. The molecule has 4 aliphatic carbocycles. The zero-order valence-electron chi connectivity index (χ0n) is 22.3. The first-order chi connectivity index (χ1) is 16.6. The van der Waals surface area contributed by atoms with Crippen molar-refractivity contribution in [3.8, 4) is 0 Å². The second kappa shape index (κ2) is 8.71. The van der Waals surface area contributed by atoms with E-state index in [0.29, 0.717) is 30.4 Å². The first-order valence-corrected chi connectivity index (χ1v) is 13.3. The van der Waals surface area contributed by atoms with Crippen LogP contribution in [0.5, 0.6) is 0 Å². The third-order valence-electron chi connectivity index (χ3n) is 10.5. The van der Waals surface area contributed by atoms with Crippen molar-refractivity contribution in [1.82, 2.24) is 0 Å². The van der Waals surface area contributed by atoms with Gasteiger partial charge in [-0.15, -0.1) is 0 Å². The molecule has 36 heavy (non-hydrogen) atoms. The maximum absolute atomic E-state index is 13.9. The summed E-state index contributed by atoms with van der Waals surface area (Å²) in [6, 6.07) is 0. The summed E-state index contributed by atoms with van der Waals surface area (Å²) in [7, 11) is 0. The molecule has 7 nitrogen and oxygen atoms in total. The predicted molar refractivity (Wildman–Crippen MR) is 132 cm³/mol. The zero-order chi connectivity index (χ0) is 27.0. The fourth-order valence-corrected chi connectivity index (χ4v) is 8.59. The number of aliphatic carboxylic acids is 1. The summed E-state index contributed by atoms with van der Waals surface area (Å²) in [5.41, 5.74) is -0.755. The molecule has 0 aromatic rings. The van der Waals surface area contributed by atoms with Crippen LogP contribution in [-0.2, 0) is 24.0 Å². The first kappa shape index (κ1) is 26.9. The zero-order valence-corrected chi connectivity index (χ0v) is 22.3. The molecule has 4 aliphatic rings. The molecule has 0 heterocycles. The van der Waals surface area contributed by atoms with Crippen molar-refractivity contribution < 1.29 is 34.2 Å². The summed E-state index contributed by atoms with van der Waals surface area (Å²) in [6.45, 7) is 11.2. The number of fused-ring (bicyclic) bond motifs is 4. The minimum Gasteiger partial charge on any atom is -0.481 e. The highest BCUT2D eigenvalue weighted by molar-refractivity contribution is 6.04. The van der Waals surface area contributed by atoms with Crippen molar-refractivity contribution in [3.63, 3.8) is 0 Å². The Kier molecular flexibility index (Phi) is 6.51. The molecule has 0 spiro atoms. The molecule has 0 saturated heterocycles. The quantitative estimate of drug-likeness (QED) is 0.565. The maximum atomic E-state index is 13.9. The van der Waals surface area contributed by atoms with Crippen LogP contribution in [0.4, 0.5) is 0 Å². The number of carboxylic acids is 1. The van der Waals surface area contributed by atoms with Crippen LogP contribution >= 0.6 is 0 Å². The van der Waals surface area contributed by atoms with Crippen molar-refractivity contribution in [3.05, 3.63) is 11.1 Å². The normalized spacial score (nSPS) is 39.2. The molecule has 8 atom stereocenters. The number of ketones is 4. The lowest BCUT2D eigenvalue weighted by molar-refractivity contribution is -0.144. The van der Waals surface area contributed by atoms with E-state index in [4.69, 9.17) is 5.11 Å². The number of hydrogen-bond acceptors (Lipinski definition) is 6. The summed E-state index contributed by atoms with van der Waals surface area (Å²) >= 11 is 0. The summed E-state index contributed by atoms with van der Waals surface area (Å²) in [5, 5.41) is 20.6. The molecular weight excluding hydrogens is 460 g/mol. The van der Waals surface area contributed by atoms with Crippen LogP contribution in [-0.4, -0.2) is 45.4 Å². The van der Waals surface area contributed by atoms with Crippen LogP contribution in [0, 0.1) is 45.8 Å². The van der Waals surface area contributed by atoms with E-state index in [9.17, 15) is 29.1 Å². The Morgan fingerprint density at radius 1 is 1.06 bits per heavy atom. The first-order valence-electron chi connectivity index (χ1n) is 13.3. The van der Waals surface area contributed by atoms with Gasteiger partial charge in [0.15, 0.2) is 5.78 Å². The van der Waals surface area contributed by atoms with E-state index in [0.717, 1.165) is 0 Å². The molecule has 0 aliphatic heterocycles. The molecule has 2 fully saturated rings. The van der Waals surface area contributed by atoms with Gasteiger partial charge in [-0.2, -0.15) is 0 Å². The largest absolute Gasteiger partial charge is 0.481 e.